The van der Waals surface area contributed by atoms with E-state index in [0.717, 1.165) is 5.56 Å². The molecule has 4 nitrogen and oxygen atoms in total. The number of ether oxygens (including phenoxy) is 2. The number of benzene rings is 2. The number of methoxy groups -OCH3 is 2. The summed E-state index contributed by atoms with van der Waals surface area (Å²) in [5.41, 5.74) is 2.30. The normalized spacial score (nSPS) is 13.6. The molecule has 0 heterocycles. The Balaban J connectivity index is 2.29. The Morgan fingerprint density at radius 3 is 1.71 bits per heavy atom. The van der Waals surface area contributed by atoms with Crippen LogP contribution in [-0.4, -0.2) is 24.4 Å². The number of rotatable bonds is 5. The molecule has 0 aromatic heterocycles. The summed E-state index contributed by atoms with van der Waals surface area (Å²) in [6.07, 6.45) is -2.07. The Hall–Kier alpha value is -2.04. The maximum Gasteiger partial charge on any atom is 0.122 e. The molecule has 0 spiro atoms. The zero-order valence-corrected chi connectivity index (χ0v) is 12.4. The summed E-state index contributed by atoms with van der Waals surface area (Å²) < 4.78 is 10.4. The van der Waals surface area contributed by atoms with Crippen molar-refractivity contribution in [3.05, 3.63) is 59.2 Å². The molecule has 0 fully saturated rings. The van der Waals surface area contributed by atoms with Crippen molar-refractivity contribution in [2.45, 2.75) is 19.1 Å². The third-order valence-electron chi connectivity index (χ3n) is 3.43. The Morgan fingerprint density at radius 1 is 0.762 bits per heavy atom. The van der Waals surface area contributed by atoms with E-state index in [4.69, 9.17) is 9.47 Å². The van der Waals surface area contributed by atoms with E-state index in [1.165, 1.54) is 0 Å². The average Bonchev–Trinajstić information content (AvgIpc) is 2.53. The zero-order chi connectivity index (χ0) is 15.4. The molecular weight excluding hydrogens is 268 g/mol. The van der Waals surface area contributed by atoms with Gasteiger partial charge >= 0.3 is 0 Å². The van der Waals surface area contributed by atoms with E-state index < -0.39 is 12.2 Å². The fourth-order valence-corrected chi connectivity index (χ4v) is 2.13. The van der Waals surface area contributed by atoms with Crippen LogP contribution >= 0.6 is 0 Å². The molecule has 2 N–H and O–H groups in total. The van der Waals surface area contributed by atoms with Crippen LogP contribution in [0.25, 0.3) is 0 Å². The van der Waals surface area contributed by atoms with Gasteiger partial charge in [0.15, 0.2) is 0 Å². The van der Waals surface area contributed by atoms with E-state index in [-0.39, 0.29) is 0 Å². The first-order valence-corrected chi connectivity index (χ1v) is 6.71. The molecule has 2 rings (SSSR count). The molecule has 2 aromatic rings. The van der Waals surface area contributed by atoms with Crippen LogP contribution in [0, 0.1) is 6.92 Å². The topological polar surface area (TPSA) is 58.9 Å². The first kappa shape index (κ1) is 15.4. The van der Waals surface area contributed by atoms with Crippen molar-refractivity contribution in [3.63, 3.8) is 0 Å². The molecule has 2 unspecified atom stereocenters. The number of hydrogen-bond donors (Lipinski definition) is 2. The standard InChI is InChI=1S/C17H20O4/c1-11-4-6-12(7-5-11)16(18)17(19)13-8-14(20-2)10-15(9-13)21-3/h4-10,16-19H,1-3H3. The quantitative estimate of drug-likeness (QED) is 0.888. The summed E-state index contributed by atoms with van der Waals surface area (Å²) in [5.74, 6) is 1.14. The van der Waals surface area contributed by atoms with E-state index in [1.807, 2.05) is 19.1 Å². The summed E-state index contributed by atoms with van der Waals surface area (Å²) in [7, 11) is 3.09. The van der Waals surface area contributed by atoms with Gasteiger partial charge in [-0.25, -0.2) is 0 Å². The predicted molar refractivity (Wildman–Crippen MR) is 80.6 cm³/mol. The van der Waals surface area contributed by atoms with Gasteiger partial charge in [-0.05, 0) is 30.2 Å². The van der Waals surface area contributed by atoms with Crippen molar-refractivity contribution in [2.75, 3.05) is 14.2 Å². The smallest absolute Gasteiger partial charge is 0.122 e. The van der Waals surface area contributed by atoms with Crippen LogP contribution in [0.15, 0.2) is 42.5 Å². The van der Waals surface area contributed by atoms with Gasteiger partial charge in [-0.3, -0.25) is 0 Å². The second-order valence-electron chi connectivity index (χ2n) is 4.95. The summed E-state index contributed by atoms with van der Waals surface area (Å²) in [6.45, 7) is 1.97. The minimum absolute atomic E-state index is 0.541. The van der Waals surface area contributed by atoms with E-state index in [2.05, 4.69) is 0 Å². The van der Waals surface area contributed by atoms with Crippen molar-refractivity contribution in [1.82, 2.24) is 0 Å². The SMILES string of the molecule is COc1cc(OC)cc(C(O)C(O)c2ccc(C)cc2)c1. The van der Waals surface area contributed by atoms with Crippen molar-refractivity contribution in [2.24, 2.45) is 0 Å². The fourth-order valence-electron chi connectivity index (χ4n) is 2.13. The zero-order valence-electron chi connectivity index (χ0n) is 12.4. The minimum Gasteiger partial charge on any atom is -0.497 e. The molecule has 0 saturated carbocycles. The fraction of sp³-hybridized carbons (Fsp3) is 0.294. The molecule has 0 aliphatic carbocycles. The molecule has 0 aliphatic heterocycles. The second-order valence-corrected chi connectivity index (χ2v) is 4.95. The number of aliphatic hydroxyl groups is 2. The highest BCUT2D eigenvalue weighted by atomic mass is 16.5. The molecule has 0 bridgehead atoms. The van der Waals surface area contributed by atoms with Crippen LogP contribution in [-0.2, 0) is 0 Å². The molecular formula is C17H20O4. The van der Waals surface area contributed by atoms with Gasteiger partial charge in [-0.2, -0.15) is 0 Å². The maximum absolute atomic E-state index is 10.4. The van der Waals surface area contributed by atoms with Crippen LogP contribution < -0.4 is 9.47 Å². The van der Waals surface area contributed by atoms with E-state index >= 15 is 0 Å². The summed E-state index contributed by atoms with van der Waals surface area (Å²) in [5, 5.41) is 20.7. The second kappa shape index (κ2) is 6.61. The highest BCUT2D eigenvalue weighted by molar-refractivity contribution is 5.40. The van der Waals surface area contributed by atoms with Gasteiger partial charge in [0.05, 0.1) is 14.2 Å². The third-order valence-corrected chi connectivity index (χ3v) is 3.43. The Morgan fingerprint density at radius 2 is 1.24 bits per heavy atom. The molecule has 0 saturated heterocycles. The van der Waals surface area contributed by atoms with Gasteiger partial charge in [-0.15, -0.1) is 0 Å². The molecule has 0 amide bonds. The van der Waals surface area contributed by atoms with Gasteiger partial charge < -0.3 is 19.7 Å². The van der Waals surface area contributed by atoms with E-state index in [1.54, 1.807) is 44.6 Å². The number of hydrogen-bond acceptors (Lipinski definition) is 4. The van der Waals surface area contributed by atoms with Crippen LogP contribution in [0.4, 0.5) is 0 Å². The molecule has 112 valence electrons. The van der Waals surface area contributed by atoms with Crippen LogP contribution in [0.5, 0.6) is 11.5 Å². The molecule has 0 aliphatic rings. The lowest BCUT2D eigenvalue weighted by molar-refractivity contribution is 0.0170. The molecule has 0 radical (unpaired) electrons. The maximum atomic E-state index is 10.4. The van der Waals surface area contributed by atoms with Gasteiger partial charge in [0.2, 0.25) is 0 Å². The van der Waals surface area contributed by atoms with Crippen molar-refractivity contribution in [3.8, 4) is 11.5 Å². The van der Waals surface area contributed by atoms with Gasteiger partial charge in [0, 0.05) is 6.07 Å². The van der Waals surface area contributed by atoms with Crippen LogP contribution in [0.2, 0.25) is 0 Å². The summed E-state index contributed by atoms with van der Waals surface area (Å²) in [4.78, 5) is 0. The molecule has 21 heavy (non-hydrogen) atoms. The Bertz CT molecular complexity index is 570. The van der Waals surface area contributed by atoms with Crippen molar-refractivity contribution < 1.29 is 19.7 Å². The van der Waals surface area contributed by atoms with Crippen LogP contribution in [0.3, 0.4) is 0 Å². The lowest BCUT2D eigenvalue weighted by atomic mass is 9.97. The highest BCUT2D eigenvalue weighted by Gasteiger charge is 2.21. The van der Waals surface area contributed by atoms with Crippen LogP contribution in [0.1, 0.15) is 28.9 Å². The first-order chi connectivity index (χ1) is 10.0. The summed E-state index contributed by atoms with van der Waals surface area (Å²) in [6, 6.07) is 12.5. The highest BCUT2D eigenvalue weighted by Crippen LogP contribution is 2.33. The minimum atomic E-state index is -1.06. The van der Waals surface area contributed by atoms with Gasteiger partial charge in [-0.1, -0.05) is 29.8 Å². The largest absolute Gasteiger partial charge is 0.497 e. The van der Waals surface area contributed by atoms with Crippen molar-refractivity contribution >= 4 is 0 Å². The van der Waals surface area contributed by atoms with E-state index in [9.17, 15) is 10.2 Å². The summed E-state index contributed by atoms with van der Waals surface area (Å²) >= 11 is 0. The molecule has 4 heteroatoms. The van der Waals surface area contributed by atoms with Gasteiger partial charge in [0.25, 0.3) is 0 Å². The monoisotopic (exact) mass is 288 g/mol. The lowest BCUT2D eigenvalue weighted by Crippen LogP contribution is -2.10. The lowest BCUT2D eigenvalue weighted by Gasteiger charge is -2.20. The first-order valence-electron chi connectivity index (χ1n) is 6.71. The predicted octanol–water partition coefficient (Wildman–Crippen LogP) is 2.78. The number of aryl methyl sites for hydroxylation is 1. The third kappa shape index (κ3) is 3.54. The molecule has 2 atom stereocenters. The Labute approximate surface area is 124 Å². The number of aliphatic hydroxyl groups excluding tert-OH is 2. The van der Waals surface area contributed by atoms with Crippen molar-refractivity contribution in [1.29, 1.82) is 0 Å². The Kier molecular flexibility index (Phi) is 4.83. The van der Waals surface area contributed by atoms with E-state index in [0.29, 0.717) is 22.6 Å². The molecule has 2 aromatic carbocycles. The van der Waals surface area contributed by atoms with Gasteiger partial charge in [0.1, 0.15) is 23.7 Å². The average molecular weight is 288 g/mol.